The van der Waals surface area contributed by atoms with E-state index in [9.17, 15) is 9.59 Å². The maximum atomic E-state index is 11.4. The number of benzene rings is 1. The van der Waals surface area contributed by atoms with Crippen molar-refractivity contribution in [3.05, 3.63) is 29.3 Å². The fraction of sp³-hybridized carbons (Fsp3) is 0. The Bertz CT molecular complexity index is 419. The molecule has 0 heterocycles. The second kappa shape index (κ2) is 5.07. The molecule has 0 spiro atoms. The van der Waals surface area contributed by atoms with E-state index in [1.54, 1.807) is 0 Å². The van der Waals surface area contributed by atoms with Gasteiger partial charge in [0.2, 0.25) is 0 Å². The molecule has 0 unspecified atom stereocenters. The third-order valence-electron chi connectivity index (χ3n) is 1.94. The molecule has 0 saturated carbocycles. The zero-order chi connectivity index (χ0) is 12.1. The summed E-state index contributed by atoms with van der Waals surface area (Å²) in [5, 5.41) is 0. The van der Waals surface area contributed by atoms with Crippen LogP contribution in [0.15, 0.2) is 18.2 Å². The van der Waals surface area contributed by atoms with Gasteiger partial charge < -0.3 is 5.43 Å². The highest BCUT2D eigenvalue weighted by molar-refractivity contribution is 6.07. The molecule has 1 aromatic rings. The topological polar surface area (TPSA) is 148 Å². The van der Waals surface area contributed by atoms with Crippen LogP contribution in [0.4, 0.5) is 5.69 Å². The summed E-state index contributed by atoms with van der Waals surface area (Å²) < 4.78 is 0. The molecule has 0 aliphatic rings. The maximum absolute atomic E-state index is 11.4. The number of nitrogens with two attached hydrogens (primary N) is 3. The predicted octanol–water partition coefficient (Wildman–Crippen LogP) is -1.82. The van der Waals surface area contributed by atoms with Gasteiger partial charge in [0, 0.05) is 5.69 Å². The molecule has 0 radical (unpaired) electrons. The fourth-order valence-electron chi connectivity index (χ4n) is 1.18. The van der Waals surface area contributed by atoms with E-state index in [1.165, 1.54) is 18.2 Å². The van der Waals surface area contributed by atoms with Gasteiger partial charge in [-0.15, -0.1) is 0 Å². The molecule has 8 heteroatoms. The summed E-state index contributed by atoms with van der Waals surface area (Å²) >= 11 is 0. The first-order valence-corrected chi connectivity index (χ1v) is 4.26. The number of nitrogen functional groups attached to an aromatic ring is 3. The van der Waals surface area contributed by atoms with Crippen LogP contribution >= 0.6 is 0 Å². The largest absolute Gasteiger partial charge is 0.324 e. The van der Waals surface area contributed by atoms with Crippen molar-refractivity contribution in [2.75, 3.05) is 5.43 Å². The van der Waals surface area contributed by atoms with Crippen LogP contribution in [0.2, 0.25) is 0 Å². The molecule has 8 nitrogen and oxygen atoms in total. The number of rotatable bonds is 3. The summed E-state index contributed by atoms with van der Waals surface area (Å²) in [5.41, 5.74) is 6.83. The van der Waals surface area contributed by atoms with Crippen LogP contribution in [-0.4, -0.2) is 11.8 Å². The molecule has 16 heavy (non-hydrogen) atoms. The molecule has 1 aromatic carbocycles. The van der Waals surface area contributed by atoms with E-state index in [-0.39, 0.29) is 11.1 Å². The highest BCUT2D eigenvalue weighted by atomic mass is 16.2. The van der Waals surface area contributed by atoms with Crippen LogP contribution in [0.1, 0.15) is 20.7 Å². The third-order valence-corrected chi connectivity index (χ3v) is 1.94. The molecule has 0 fully saturated rings. The quantitative estimate of drug-likeness (QED) is 0.202. The van der Waals surface area contributed by atoms with Crippen LogP contribution in [0.25, 0.3) is 0 Å². The highest BCUT2D eigenvalue weighted by Crippen LogP contribution is 2.15. The average Bonchev–Trinajstić information content (AvgIpc) is 2.36. The molecule has 0 aliphatic carbocycles. The maximum Gasteiger partial charge on any atom is 0.266 e. The van der Waals surface area contributed by atoms with Gasteiger partial charge in [0.15, 0.2) is 0 Å². The van der Waals surface area contributed by atoms with Gasteiger partial charge in [-0.1, -0.05) is 0 Å². The second-order valence-electron chi connectivity index (χ2n) is 2.85. The zero-order valence-corrected chi connectivity index (χ0v) is 8.28. The Morgan fingerprint density at radius 3 is 2.00 bits per heavy atom. The highest BCUT2D eigenvalue weighted by Gasteiger charge is 2.16. The average molecular weight is 224 g/mol. The smallest absolute Gasteiger partial charge is 0.266 e. The normalized spacial score (nSPS) is 9.44. The Hall–Kier alpha value is -2.16. The van der Waals surface area contributed by atoms with Crippen LogP contribution in [0.5, 0.6) is 0 Å². The third kappa shape index (κ3) is 2.25. The summed E-state index contributed by atoms with van der Waals surface area (Å²) in [6.07, 6.45) is 0. The van der Waals surface area contributed by atoms with Crippen LogP contribution in [0, 0.1) is 0 Å². The number of carbonyl (C=O) groups excluding carboxylic acids is 2. The first-order chi connectivity index (χ1) is 7.63. The summed E-state index contributed by atoms with van der Waals surface area (Å²) in [7, 11) is 0. The van der Waals surface area contributed by atoms with Crippen LogP contribution < -0.4 is 33.8 Å². The van der Waals surface area contributed by atoms with Crippen molar-refractivity contribution in [3.8, 4) is 0 Å². The Morgan fingerprint density at radius 1 is 0.938 bits per heavy atom. The Labute approximate surface area is 91.1 Å². The minimum absolute atomic E-state index is 0.0703. The van der Waals surface area contributed by atoms with Crippen molar-refractivity contribution in [1.29, 1.82) is 0 Å². The molecular weight excluding hydrogens is 212 g/mol. The summed E-state index contributed by atoms with van der Waals surface area (Å²) in [4.78, 5) is 22.7. The van der Waals surface area contributed by atoms with E-state index < -0.39 is 11.8 Å². The number of hydrogen-bond donors (Lipinski definition) is 6. The van der Waals surface area contributed by atoms with Gasteiger partial charge in [0.1, 0.15) is 0 Å². The first kappa shape index (κ1) is 11.9. The molecule has 9 N–H and O–H groups in total. The van der Waals surface area contributed by atoms with Crippen molar-refractivity contribution in [2.45, 2.75) is 0 Å². The van der Waals surface area contributed by atoms with E-state index in [1.807, 2.05) is 10.9 Å². The van der Waals surface area contributed by atoms with E-state index in [2.05, 4.69) is 5.43 Å². The lowest BCUT2D eigenvalue weighted by molar-refractivity contribution is 0.0919. The molecule has 0 aromatic heterocycles. The standard InChI is InChI=1S/C8H12N6O2/c9-12-4-1-2-5(7(15)13-10)6(3-4)8(16)14-11/h1-3,12H,9-11H2,(H,13,15)(H,14,16). The first-order valence-electron chi connectivity index (χ1n) is 4.26. The Morgan fingerprint density at radius 2 is 1.50 bits per heavy atom. The number of amides is 2. The summed E-state index contributed by atoms with van der Waals surface area (Å²) in [6.45, 7) is 0. The predicted molar refractivity (Wildman–Crippen MR) is 57.6 cm³/mol. The Balaban J connectivity index is 3.26. The fourth-order valence-corrected chi connectivity index (χ4v) is 1.18. The number of hydrazine groups is 3. The molecule has 0 saturated heterocycles. The van der Waals surface area contributed by atoms with Crippen LogP contribution in [-0.2, 0) is 0 Å². The molecule has 0 bridgehead atoms. The second-order valence-corrected chi connectivity index (χ2v) is 2.85. The van der Waals surface area contributed by atoms with E-state index >= 15 is 0 Å². The SMILES string of the molecule is NNC(=O)c1ccc(NN)cc1C(=O)NN. The summed E-state index contributed by atoms with van der Waals surface area (Å²) in [5.74, 6) is 13.9. The van der Waals surface area contributed by atoms with Crippen molar-refractivity contribution >= 4 is 17.5 Å². The van der Waals surface area contributed by atoms with E-state index in [4.69, 9.17) is 17.5 Å². The molecule has 2 amide bonds. The lowest BCUT2D eigenvalue weighted by Gasteiger charge is -2.09. The van der Waals surface area contributed by atoms with E-state index in [0.717, 1.165) is 0 Å². The number of anilines is 1. The molecule has 86 valence electrons. The van der Waals surface area contributed by atoms with Gasteiger partial charge in [-0.25, -0.2) is 11.7 Å². The lowest BCUT2D eigenvalue weighted by Crippen LogP contribution is -2.35. The summed E-state index contributed by atoms with van der Waals surface area (Å²) in [6, 6.07) is 4.31. The van der Waals surface area contributed by atoms with Gasteiger partial charge in [-0.2, -0.15) is 0 Å². The number of carbonyl (C=O) groups is 2. The van der Waals surface area contributed by atoms with Gasteiger partial charge in [-0.05, 0) is 18.2 Å². The molecule has 0 atom stereocenters. The minimum Gasteiger partial charge on any atom is -0.324 e. The van der Waals surface area contributed by atoms with Crippen LogP contribution in [0.3, 0.4) is 0 Å². The monoisotopic (exact) mass is 224 g/mol. The zero-order valence-electron chi connectivity index (χ0n) is 8.28. The van der Waals surface area contributed by atoms with Crippen molar-refractivity contribution in [2.24, 2.45) is 17.5 Å². The van der Waals surface area contributed by atoms with Gasteiger partial charge in [-0.3, -0.25) is 26.3 Å². The number of hydrogen-bond acceptors (Lipinski definition) is 6. The van der Waals surface area contributed by atoms with Gasteiger partial charge in [0.25, 0.3) is 11.8 Å². The van der Waals surface area contributed by atoms with Crippen molar-refractivity contribution < 1.29 is 9.59 Å². The molecule has 1 rings (SSSR count). The minimum atomic E-state index is -0.615. The number of nitrogens with one attached hydrogen (secondary N) is 3. The Kier molecular flexibility index (Phi) is 3.78. The van der Waals surface area contributed by atoms with Gasteiger partial charge >= 0.3 is 0 Å². The van der Waals surface area contributed by atoms with Crippen molar-refractivity contribution in [1.82, 2.24) is 10.9 Å². The molecule has 0 aliphatic heterocycles. The lowest BCUT2D eigenvalue weighted by atomic mass is 10.1. The molecular formula is C8H12N6O2. The van der Waals surface area contributed by atoms with Gasteiger partial charge in [0.05, 0.1) is 11.1 Å². The van der Waals surface area contributed by atoms with E-state index in [0.29, 0.717) is 5.69 Å². The van der Waals surface area contributed by atoms with Crippen molar-refractivity contribution in [3.63, 3.8) is 0 Å².